The Kier molecular flexibility index (Phi) is 4.68. The van der Waals surface area contributed by atoms with Crippen molar-refractivity contribution in [2.24, 2.45) is 5.92 Å². The lowest BCUT2D eigenvalue weighted by Gasteiger charge is -2.17. The largest absolute Gasteiger partial charge is 0.288 e. The molecule has 0 aliphatic carbocycles. The minimum absolute atomic E-state index is 0.0382. The molecule has 2 N–H and O–H groups in total. The lowest BCUT2D eigenvalue weighted by Crippen LogP contribution is -2.17. The van der Waals surface area contributed by atoms with Crippen molar-refractivity contribution in [2.45, 2.75) is 19.9 Å². The summed E-state index contributed by atoms with van der Waals surface area (Å²) in [5, 5.41) is 17.7. The van der Waals surface area contributed by atoms with Crippen LogP contribution in [0.4, 0.5) is 0 Å². The summed E-state index contributed by atoms with van der Waals surface area (Å²) in [6.45, 7) is 4.21. The van der Waals surface area contributed by atoms with Crippen molar-refractivity contribution >= 4 is 33.5 Å². The summed E-state index contributed by atoms with van der Waals surface area (Å²) in [5.74, 6) is -0.346. The highest BCUT2D eigenvalue weighted by atomic mass is 32.1. The van der Waals surface area contributed by atoms with Gasteiger partial charge >= 0.3 is 0 Å². The molecule has 7 nitrogen and oxygen atoms in total. The fourth-order valence-electron chi connectivity index (χ4n) is 2.42. The second kappa shape index (κ2) is 6.90. The molecule has 0 saturated carbocycles. The molecule has 0 aliphatic rings. The van der Waals surface area contributed by atoms with Crippen molar-refractivity contribution in [1.29, 1.82) is 0 Å². The molecule has 0 radical (unpaired) electrons. The van der Waals surface area contributed by atoms with E-state index in [4.69, 9.17) is 10.2 Å². The second-order valence-electron chi connectivity index (χ2n) is 5.64. The highest BCUT2D eigenvalue weighted by molar-refractivity contribution is 7.18. The number of rotatable bonds is 5. The number of hydrogen-bond acceptors (Lipinski definition) is 6. The maximum Gasteiger partial charge on any atom is 0.267 e. The first-order chi connectivity index (χ1) is 11.6. The third-order valence-corrected chi connectivity index (χ3v) is 4.63. The van der Waals surface area contributed by atoms with Crippen LogP contribution in [0.2, 0.25) is 0 Å². The van der Waals surface area contributed by atoms with E-state index in [0.717, 1.165) is 15.2 Å². The Hall–Kier alpha value is -2.58. The molecule has 0 aliphatic heterocycles. The highest BCUT2D eigenvalue weighted by Crippen LogP contribution is 2.32. The highest BCUT2D eigenvalue weighted by Gasteiger charge is 2.23. The first-order valence-corrected chi connectivity index (χ1v) is 8.29. The monoisotopic (exact) mass is 343 g/mol. The van der Waals surface area contributed by atoms with Gasteiger partial charge in [0, 0.05) is 6.08 Å². The van der Waals surface area contributed by atoms with Gasteiger partial charge in [0.2, 0.25) is 0 Å². The Morgan fingerprint density at radius 2 is 2.17 bits per heavy atom. The number of hydroxylamine groups is 1. The van der Waals surface area contributed by atoms with E-state index in [1.165, 1.54) is 17.6 Å². The average molecular weight is 343 g/mol. The third kappa shape index (κ3) is 3.34. The number of hydrogen-bond donors (Lipinski definition) is 2. The van der Waals surface area contributed by atoms with Crippen LogP contribution < -0.4 is 5.48 Å². The van der Waals surface area contributed by atoms with Gasteiger partial charge in [0.25, 0.3) is 5.91 Å². The molecule has 1 atom stereocenters. The number of carbonyl (C=O) groups is 1. The van der Waals surface area contributed by atoms with Gasteiger partial charge in [-0.1, -0.05) is 31.2 Å². The molecule has 24 heavy (non-hydrogen) atoms. The number of para-hydroxylation sites is 1. The molecule has 1 unspecified atom stereocenters. The molecule has 0 saturated heterocycles. The summed E-state index contributed by atoms with van der Waals surface area (Å²) < 4.78 is 2.90. The average Bonchev–Trinajstić information content (AvgIpc) is 3.19. The summed E-state index contributed by atoms with van der Waals surface area (Å²) >= 11 is 1.64. The number of carbonyl (C=O) groups excluding carboxylic acids is 1. The Balaban J connectivity index is 1.93. The summed E-state index contributed by atoms with van der Waals surface area (Å²) in [7, 11) is 0. The minimum Gasteiger partial charge on any atom is -0.288 e. The Morgan fingerprint density at radius 1 is 1.38 bits per heavy atom. The van der Waals surface area contributed by atoms with E-state index in [1.54, 1.807) is 22.2 Å². The summed E-state index contributed by atoms with van der Waals surface area (Å²) in [5.41, 5.74) is 3.04. The number of fused-ring (bicyclic) bond motifs is 1. The van der Waals surface area contributed by atoms with E-state index < -0.39 is 5.91 Å². The Labute approximate surface area is 142 Å². The van der Waals surface area contributed by atoms with Gasteiger partial charge in [-0.15, -0.1) is 16.4 Å². The van der Waals surface area contributed by atoms with Crippen LogP contribution in [0.3, 0.4) is 0 Å². The van der Waals surface area contributed by atoms with Crippen LogP contribution in [0, 0.1) is 5.92 Å². The number of thiazole rings is 1. The van der Waals surface area contributed by atoms with Crippen LogP contribution in [-0.4, -0.2) is 31.1 Å². The maximum atomic E-state index is 11.0. The molecular formula is C16H17N5O2S. The first kappa shape index (κ1) is 16.3. The van der Waals surface area contributed by atoms with Crippen LogP contribution in [0.5, 0.6) is 0 Å². The fourth-order valence-corrected chi connectivity index (χ4v) is 3.66. The maximum absolute atomic E-state index is 11.0. The van der Waals surface area contributed by atoms with E-state index >= 15 is 0 Å². The van der Waals surface area contributed by atoms with Gasteiger partial charge in [0.15, 0.2) is 0 Å². The topological polar surface area (TPSA) is 92.9 Å². The van der Waals surface area contributed by atoms with Gasteiger partial charge in [-0.25, -0.2) is 15.1 Å². The van der Waals surface area contributed by atoms with Crippen LogP contribution in [0.25, 0.3) is 16.3 Å². The lowest BCUT2D eigenvalue weighted by molar-refractivity contribution is -0.124. The predicted octanol–water partition coefficient (Wildman–Crippen LogP) is 2.65. The molecule has 124 valence electrons. The molecule has 1 aromatic carbocycles. The molecule has 0 bridgehead atoms. The molecule has 0 spiro atoms. The zero-order valence-electron chi connectivity index (χ0n) is 13.2. The van der Waals surface area contributed by atoms with Crippen molar-refractivity contribution < 1.29 is 10.0 Å². The van der Waals surface area contributed by atoms with Gasteiger partial charge in [-0.2, -0.15) is 0 Å². The third-order valence-electron chi connectivity index (χ3n) is 3.52. The number of amides is 1. The quantitative estimate of drug-likeness (QED) is 0.422. The molecule has 3 rings (SSSR count). The zero-order valence-corrected chi connectivity index (χ0v) is 14.1. The Bertz CT molecular complexity index is 850. The first-order valence-electron chi connectivity index (χ1n) is 7.48. The zero-order chi connectivity index (χ0) is 17.1. The van der Waals surface area contributed by atoms with E-state index in [9.17, 15) is 4.79 Å². The molecule has 3 aromatic rings. The normalized spacial score (nSPS) is 13.0. The predicted molar refractivity (Wildman–Crippen MR) is 91.6 cm³/mol. The summed E-state index contributed by atoms with van der Waals surface area (Å²) in [6, 6.07) is 7.98. The second-order valence-corrected chi connectivity index (χ2v) is 6.70. The number of aromatic nitrogens is 4. The molecule has 1 amide bonds. The van der Waals surface area contributed by atoms with Gasteiger partial charge in [-0.05, 0) is 24.1 Å². The fraction of sp³-hybridized carbons (Fsp3) is 0.250. The van der Waals surface area contributed by atoms with Gasteiger partial charge in [0.1, 0.15) is 16.7 Å². The Morgan fingerprint density at radius 3 is 2.88 bits per heavy atom. The molecule has 0 fully saturated rings. The minimum atomic E-state index is -0.615. The summed E-state index contributed by atoms with van der Waals surface area (Å²) in [6.07, 6.45) is 4.44. The molecular weight excluding hydrogens is 326 g/mol. The SMILES string of the molecule is CC(C)C(c1nc2ccccc2s1)n1cc(/C=C/C(=O)NO)nn1. The van der Waals surface area contributed by atoms with E-state index in [1.807, 2.05) is 18.2 Å². The van der Waals surface area contributed by atoms with E-state index in [0.29, 0.717) is 5.69 Å². The number of nitrogens with one attached hydrogen (secondary N) is 1. The van der Waals surface area contributed by atoms with Crippen LogP contribution in [0.1, 0.15) is 30.6 Å². The molecule has 2 aromatic heterocycles. The van der Waals surface area contributed by atoms with Crippen LogP contribution in [0.15, 0.2) is 36.5 Å². The van der Waals surface area contributed by atoms with Crippen molar-refractivity contribution in [3.8, 4) is 0 Å². The van der Waals surface area contributed by atoms with Gasteiger partial charge in [0.05, 0.1) is 16.4 Å². The summed E-state index contributed by atoms with van der Waals surface area (Å²) in [4.78, 5) is 15.8. The lowest BCUT2D eigenvalue weighted by atomic mass is 10.1. The van der Waals surface area contributed by atoms with Crippen LogP contribution >= 0.6 is 11.3 Å². The smallest absolute Gasteiger partial charge is 0.267 e. The standard InChI is InChI=1S/C16H17N5O2S/c1-10(2)15(16-17-12-5-3-4-6-13(12)24-16)21-9-11(18-20-21)7-8-14(22)19-23/h3-10,15,23H,1-2H3,(H,19,22)/b8-7+. The number of benzene rings is 1. The molecule has 2 heterocycles. The van der Waals surface area contributed by atoms with Crippen molar-refractivity contribution in [1.82, 2.24) is 25.5 Å². The van der Waals surface area contributed by atoms with Crippen LogP contribution in [-0.2, 0) is 4.79 Å². The number of nitrogens with zero attached hydrogens (tertiary/aromatic N) is 4. The van der Waals surface area contributed by atoms with E-state index in [2.05, 4.69) is 30.2 Å². The van der Waals surface area contributed by atoms with Gasteiger partial charge < -0.3 is 0 Å². The van der Waals surface area contributed by atoms with Crippen molar-refractivity contribution in [3.63, 3.8) is 0 Å². The molecule has 8 heteroatoms. The van der Waals surface area contributed by atoms with Gasteiger partial charge in [-0.3, -0.25) is 10.0 Å². The van der Waals surface area contributed by atoms with E-state index in [-0.39, 0.29) is 12.0 Å². The van der Waals surface area contributed by atoms with Crippen molar-refractivity contribution in [2.75, 3.05) is 0 Å². The van der Waals surface area contributed by atoms with Crippen molar-refractivity contribution in [3.05, 3.63) is 47.2 Å².